The Bertz CT molecular complexity index is 559. The number of rotatable bonds is 3. The fourth-order valence-corrected chi connectivity index (χ4v) is 3.37. The van der Waals surface area contributed by atoms with Crippen molar-refractivity contribution >= 4 is 33.9 Å². The van der Waals surface area contributed by atoms with Crippen molar-refractivity contribution in [3.05, 3.63) is 49.5 Å². The molecule has 0 saturated heterocycles. The number of benzene rings is 1. The Morgan fingerprint density at radius 2 is 2.11 bits per heavy atom. The van der Waals surface area contributed by atoms with E-state index in [1.54, 1.807) is 11.3 Å². The van der Waals surface area contributed by atoms with E-state index in [2.05, 4.69) is 53.7 Å². The van der Waals surface area contributed by atoms with E-state index < -0.39 is 6.10 Å². The van der Waals surface area contributed by atoms with E-state index in [1.165, 1.54) is 0 Å². The van der Waals surface area contributed by atoms with Crippen LogP contribution in [0, 0.1) is 3.57 Å². The maximum absolute atomic E-state index is 10.3. The molecule has 0 aliphatic carbocycles. The Morgan fingerprint density at radius 3 is 2.68 bits per heavy atom. The van der Waals surface area contributed by atoms with Gasteiger partial charge in [0.05, 0.1) is 16.8 Å². The SMILES string of the molecule is CC(C)(C)c1csc(CC(O)c2cccc(I)c2)n1. The zero-order chi connectivity index (χ0) is 14.0. The molecule has 4 heteroatoms. The second-order valence-electron chi connectivity index (χ2n) is 5.65. The molecule has 0 amide bonds. The second-order valence-corrected chi connectivity index (χ2v) is 7.84. The number of nitrogens with zero attached hydrogens (tertiary/aromatic N) is 1. The lowest BCUT2D eigenvalue weighted by molar-refractivity contribution is 0.178. The van der Waals surface area contributed by atoms with Crippen LogP contribution in [0.4, 0.5) is 0 Å². The number of aliphatic hydroxyl groups is 1. The summed E-state index contributed by atoms with van der Waals surface area (Å²) in [6, 6.07) is 7.98. The van der Waals surface area contributed by atoms with E-state index in [0.29, 0.717) is 6.42 Å². The van der Waals surface area contributed by atoms with Crippen LogP contribution in [-0.4, -0.2) is 10.1 Å². The normalized spacial score (nSPS) is 13.5. The predicted molar refractivity (Wildman–Crippen MR) is 88.6 cm³/mol. The molecule has 0 fully saturated rings. The standard InChI is InChI=1S/C15H18INOS/c1-15(2,3)13-9-19-14(17-13)8-12(18)10-5-4-6-11(16)7-10/h4-7,9,12,18H,8H2,1-3H3. The van der Waals surface area contributed by atoms with Crippen molar-refractivity contribution in [2.75, 3.05) is 0 Å². The van der Waals surface area contributed by atoms with Crippen molar-refractivity contribution in [3.8, 4) is 0 Å². The quantitative estimate of drug-likeness (QED) is 0.796. The van der Waals surface area contributed by atoms with Gasteiger partial charge in [-0.05, 0) is 40.3 Å². The minimum absolute atomic E-state index is 0.0713. The molecule has 2 aromatic rings. The van der Waals surface area contributed by atoms with Gasteiger partial charge in [-0.2, -0.15) is 0 Å². The van der Waals surface area contributed by atoms with Crippen molar-refractivity contribution in [2.24, 2.45) is 0 Å². The maximum atomic E-state index is 10.3. The highest BCUT2D eigenvalue weighted by atomic mass is 127. The van der Waals surface area contributed by atoms with Gasteiger partial charge in [0.25, 0.3) is 0 Å². The molecule has 19 heavy (non-hydrogen) atoms. The molecule has 0 aliphatic rings. The predicted octanol–water partition coefficient (Wildman–Crippen LogP) is 4.32. The summed E-state index contributed by atoms with van der Waals surface area (Å²) >= 11 is 3.89. The Morgan fingerprint density at radius 1 is 1.37 bits per heavy atom. The smallest absolute Gasteiger partial charge is 0.0957 e. The monoisotopic (exact) mass is 387 g/mol. The van der Waals surface area contributed by atoms with Gasteiger partial charge < -0.3 is 5.11 Å². The maximum Gasteiger partial charge on any atom is 0.0957 e. The highest BCUT2D eigenvalue weighted by molar-refractivity contribution is 14.1. The summed E-state index contributed by atoms with van der Waals surface area (Å²) in [5.74, 6) is 0. The molecule has 0 saturated carbocycles. The number of halogens is 1. The Balaban J connectivity index is 2.11. The van der Waals surface area contributed by atoms with Crippen molar-refractivity contribution < 1.29 is 5.11 Å². The summed E-state index contributed by atoms with van der Waals surface area (Å²) in [7, 11) is 0. The number of hydrogen-bond donors (Lipinski definition) is 1. The summed E-state index contributed by atoms with van der Waals surface area (Å²) in [5.41, 5.74) is 2.13. The second kappa shape index (κ2) is 5.89. The first-order valence-corrected chi connectivity index (χ1v) is 8.20. The van der Waals surface area contributed by atoms with Crippen molar-refractivity contribution in [1.29, 1.82) is 0 Å². The van der Waals surface area contributed by atoms with Gasteiger partial charge in [-0.15, -0.1) is 11.3 Å². The summed E-state index contributed by atoms with van der Waals surface area (Å²) < 4.78 is 1.14. The molecule has 2 nitrogen and oxygen atoms in total. The van der Waals surface area contributed by atoms with Gasteiger partial charge in [0, 0.05) is 20.8 Å². The Hall–Kier alpha value is -0.460. The van der Waals surface area contributed by atoms with Crippen LogP contribution >= 0.6 is 33.9 Å². The lowest BCUT2D eigenvalue weighted by Gasteiger charge is -2.14. The third-order valence-corrected chi connectivity index (χ3v) is 4.46. The molecule has 1 unspecified atom stereocenters. The van der Waals surface area contributed by atoms with Gasteiger partial charge in [-0.1, -0.05) is 32.9 Å². The van der Waals surface area contributed by atoms with Crippen LogP contribution in [0.25, 0.3) is 0 Å². The minimum Gasteiger partial charge on any atom is -0.388 e. The molecule has 102 valence electrons. The van der Waals surface area contributed by atoms with Gasteiger partial charge in [-0.25, -0.2) is 4.98 Å². The van der Waals surface area contributed by atoms with Gasteiger partial charge in [-0.3, -0.25) is 0 Å². The molecule has 1 aromatic heterocycles. The first kappa shape index (κ1) is 14.9. The molecular weight excluding hydrogens is 369 g/mol. The van der Waals surface area contributed by atoms with E-state index in [-0.39, 0.29) is 5.41 Å². The van der Waals surface area contributed by atoms with Gasteiger partial charge in [0.2, 0.25) is 0 Å². The molecule has 1 N–H and O–H groups in total. The van der Waals surface area contributed by atoms with E-state index >= 15 is 0 Å². The average molecular weight is 387 g/mol. The lowest BCUT2D eigenvalue weighted by atomic mass is 9.93. The van der Waals surface area contributed by atoms with Crippen LogP contribution in [0.2, 0.25) is 0 Å². The third kappa shape index (κ3) is 4.00. The van der Waals surface area contributed by atoms with E-state index in [0.717, 1.165) is 19.8 Å². The summed E-state index contributed by atoms with van der Waals surface area (Å²) in [6.07, 6.45) is 0.106. The van der Waals surface area contributed by atoms with Crippen LogP contribution in [-0.2, 0) is 11.8 Å². The Labute approximate surface area is 132 Å². The van der Waals surface area contributed by atoms with Crippen LogP contribution in [0.1, 0.15) is 43.1 Å². The highest BCUT2D eigenvalue weighted by Gasteiger charge is 2.19. The Kier molecular flexibility index (Phi) is 4.63. The fraction of sp³-hybridized carbons (Fsp3) is 0.400. The van der Waals surface area contributed by atoms with Crippen LogP contribution in [0.3, 0.4) is 0 Å². The van der Waals surface area contributed by atoms with Crippen molar-refractivity contribution in [1.82, 2.24) is 4.98 Å². The highest BCUT2D eigenvalue weighted by Crippen LogP contribution is 2.27. The van der Waals surface area contributed by atoms with Gasteiger partial charge in [0.1, 0.15) is 0 Å². The molecule has 0 spiro atoms. The first-order chi connectivity index (χ1) is 8.86. The van der Waals surface area contributed by atoms with Crippen LogP contribution in [0.15, 0.2) is 29.6 Å². The molecular formula is C15H18INOS. The molecule has 1 aromatic carbocycles. The zero-order valence-corrected chi connectivity index (χ0v) is 14.3. The van der Waals surface area contributed by atoms with E-state index in [1.807, 2.05) is 24.3 Å². The number of thiazole rings is 1. The number of aromatic nitrogens is 1. The molecule has 2 rings (SSSR count). The van der Waals surface area contributed by atoms with E-state index in [4.69, 9.17) is 0 Å². The van der Waals surface area contributed by atoms with Crippen LogP contribution < -0.4 is 0 Å². The fourth-order valence-electron chi connectivity index (χ4n) is 1.75. The molecule has 0 bridgehead atoms. The molecule has 0 aliphatic heterocycles. The molecule has 1 atom stereocenters. The summed E-state index contributed by atoms with van der Waals surface area (Å²) in [6.45, 7) is 6.46. The van der Waals surface area contributed by atoms with Crippen molar-refractivity contribution in [2.45, 2.75) is 38.7 Å². The topological polar surface area (TPSA) is 33.1 Å². The van der Waals surface area contributed by atoms with Gasteiger partial charge in [0.15, 0.2) is 0 Å². The van der Waals surface area contributed by atoms with Crippen LogP contribution in [0.5, 0.6) is 0 Å². The largest absolute Gasteiger partial charge is 0.388 e. The van der Waals surface area contributed by atoms with Gasteiger partial charge >= 0.3 is 0 Å². The summed E-state index contributed by atoms with van der Waals surface area (Å²) in [4.78, 5) is 4.63. The average Bonchev–Trinajstić information content (AvgIpc) is 2.77. The zero-order valence-electron chi connectivity index (χ0n) is 11.4. The summed E-state index contributed by atoms with van der Waals surface area (Å²) in [5, 5.41) is 13.4. The first-order valence-electron chi connectivity index (χ1n) is 6.24. The van der Waals surface area contributed by atoms with E-state index in [9.17, 15) is 5.11 Å². The lowest BCUT2D eigenvalue weighted by Crippen LogP contribution is -2.12. The molecule has 0 radical (unpaired) electrons. The minimum atomic E-state index is -0.478. The van der Waals surface area contributed by atoms with Crippen molar-refractivity contribution in [3.63, 3.8) is 0 Å². The third-order valence-electron chi connectivity index (χ3n) is 2.92. The number of aliphatic hydroxyl groups excluding tert-OH is 1. The molecule has 1 heterocycles. The number of hydrogen-bond acceptors (Lipinski definition) is 3.